The third kappa shape index (κ3) is 4.02. The average molecular weight is 415 g/mol. The Labute approximate surface area is 173 Å². The van der Waals surface area contributed by atoms with E-state index in [0.717, 1.165) is 16.7 Å². The van der Waals surface area contributed by atoms with Crippen LogP contribution in [0.5, 0.6) is 23.0 Å². The van der Waals surface area contributed by atoms with Gasteiger partial charge in [0.1, 0.15) is 5.75 Å². The lowest BCUT2D eigenvalue weighted by molar-refractivity contribution is -0.113. The van der Waals surface area contributed by atoms with Gasteiger partial charge in [-0.2, -0.15) is 0 Å². The van der Waals surface area contributed by atoms with Crippen LogP contribution < -0.4 is 23.8 Å². The zero-order valence-corrected chi connectivity index (χ0v) is 17.4. The number of amides is 2. The molecule has 0 radical (unpaired) electrons. The van der Waals surface area contributed by atoms with Gasteiger partial charge in [-0.1, -0.05) is 0 Å². The van der Waals surface area contributed by atoms with Crippen LogP contribution in [0.25, 0.3) is 6.08 Å². The molecule has 0 aromatic heterocycles. The summed E-state index contributed by atoms with van der Waals surface area (Å²) in [4.78, 5) is 26.8. The number of ether oxygens (including phenoxy) is 4. The second-order valence-corrected chi connectivity index (χ2v) is 6.86. The van der Waals surface area contributed by atoms with Crippen LogP contribution in [0.4, 0.5) is 10.5 Å². The summed E-state index contributed by atoms with van der Waals surface area (Å²) in [5.41, 5.74) is 1.08. The molecule has 3 rings (SSSR count). The quantitative estimate of drug-likeness (QED) is 0.622. The van der Waals surface area contributed by atoms with E-state index < -0.39 is 5.91 Å². The Hall–Kier alpha value is -3.13. The lowest BCUT2D eigenvalue weighted by Gasteiger charge is -2.14. The van der Waals surface area contributed by atoms with Gasteiger partial charge >= 0.3 is 0 Å². The van der Waals surface area contributed by atoms with Crippen LogP contribution in [0.15, 0.2) is 41.3 Å². The highest BCUT2D eigenvalue weighted by Gasteiger charge is 2.36. The van der Waals surface area contributed by atoms with Crippen molar-refractivity contribution in [3.63, 3.8) is 0 Å². The van der Waals surface area contributed by atoms with Crippen molar-refractivity contribution in [2.75, 3.05) is 32.8 Å². The Balaban J connectivity index is 1.94. The molecule has 0 N–H and O–H groups in total. The summed E-state index contributed by atoms with van der Waals surface area (Å²) in [6.45, 7) is 2.42. The minimum Gasteiger partial charge on any atom is -0.494 e. The lowest BCUT2D eigenvalue weighted by Crippen LogP contribution is -2.27. The van der Waals surface area contributed by atoms with E-state index in [1.54, 1.807) is 42.5 Å². The number of hydrogen-bond donors (Lipinski definition) is 0. The number of methoxy groups -OCH3 is 3. The van der Waals surface area contributed by atoms with E-state index in [0.29, 0.717) is 40.9 Å². The van der Waals surface area contributed by atoms with E-state index in [9.17, 15) is 9.59 Å². The van der Waals surface area contributed by atoms with Crippen molar-refractivity contribution in [2.24, 2.45) is 0 Å². The summed E-state index contributed by atoms with van der Waals surface area (Å²) in [5, 5.41) is -0.371. The van der Waals surface area contributed by atoms with E-state index in [-0.39, 0.29) is 10.1 Å². The smallest absolute Gasteiger partial charge is 0.298 e. The molecule has 8 heteroatoms. The van der Waals surface area contributed by atoms with Crippen molar-refractivity contribution >= 4 is 34.7 Å². The normalized spacial score (nSPS) is 15.0. The van der Waals surface area contributed by atoms with Crippen molar-refractivity contribution in [1.82, 2.24) is 0 Å². The maximum Gasteiger partial charge on any atom is 0.298 e. The average Bonchev–Trinajstić information content (AvgIpc) is 3.01. The van der Waals surface area contributed by atoms with Crippen LogP contribution in [0.3, 0.4) is 0 Å². The van der Waals surface area contributed by atoms with Gasteiger partial charge in [0, 0.05) is 5.56 Å². The minimum atomic E-state index is -0.402. The molecule has 1 aliphatic rings. The molecule has 0 unspecified atom stereocenters. The molecule has 1 fully saturated rings. The molecule has 2 amide bonds. The van der Waals surface area contributed by atoms with E-state index in [1.165, 1.54) is 21.3 Å². The molecule has 0 bridgehead atoms. The lowest BCUT2D eigenvalue weighted by atomic mass is 10.1. The number of benzene rings is 2. The summed E-state index contributed by atoms with van der Waals surface area (Å²) < 4.78 is 21.5. The largest absolute Gasteiger partial charge is 0.494 e. The zero-order chi connectivity index (χ0) is 21.0. The number of carbonyl (C=O) groups excluding carboxylic acids is 2. The molecule has 0 spiro atoms. The number of carbonyl (C=O) groups is 2. The fraction of sp³-hybridized carbons (Fsp3) is 0.238. The van der Waals surface area contributed by atoms with E-state index in [4.69, 9.17) is 18.9 Å². The van der Waals surface area contributed by atoms with Crippen LogP contribution in [0, 0.1) is 0 Å². The van der Waals surface area contributed by atoms with Crippen LogP contribution in [-0.4, -0.2) is 39.1 Å². The van der Waals surface area contributed by atoms with Crippen molar-refractivity contribution in [1.29, 1.82) is 0 Å². The number of anilines is 1. The number of nitrogens with zero attached hydrogens (tertiary/aromatic N) is 1. The standard InChI is InChI=1S/C21H21NO6S/c1-5-28-15-9-7-14(8-10-15)22-20(23)17(29-21(22)24)12-13-6-11-16(25-2)19(27-4)18(13)26-3/h6-12H,5H2,1-4H3/b17-12-. The zero-order valence-electron chi connectivity index (χ0n) is 16.6. The summed E-state index contributed by atoms with van der Waals surface area (Å²) in [6, 6.07) is 10.3. The fourth-order valence-corrected chi connectivity index (χ4v) is 3.76. The Morgan fingerprint density at radius 3 is 2.21 bits per heavy atom. The fourth-order valence-electron chi connectivity index (χ4n) is 2.93. The van der Waals surface area contributed by atoms with E-state index >= 15 is 0 Å². The third-order valence-electron chi connectivity index (χ3n) is 4.22. The molecule has 0 aliphatic carbocycles. The first kappa shape index (κ1) is 20.6. The molecule has 0 saturated carbocycles. The first-order chi connectivity index (χ1) is 14.0. The van der Waals surface area contributed by atoms with Crippen molar-refractivity contribution in [3.05, 3.63) is 46.9 Å². The molecule has 152 valence electrons. The predicted octanol–water partition coefficient (Wildman–Crippen LogP) is 4.35. The highest BCUT2D eigenvalue weighted by Crippen LogP contribution is 2.43. The van der Waals surface area contributed by atoms with Crippen molar-refractivity contribution in [3.8, 4) is 23.0 Å². The number of thioether (sulfide) groups is 1. The molecule has 1 saturated heterocycles. The molecule has 2 aromatic rings. The minimum absolute atomic E-state index is 0.286. The summed E-state index contributed by atoms with van der Waals surface area (Å²) in [5.74, 6) is 1.60. The molecule has 2 aromatic carbocycles. The van der Waals surface area contributed by atoms with Gasteiger partial charge in [0.2, 0.25) is 5.75 Å². The van der Waals surface area contributed by atoms with Crippen LogP contribution >= 0.6 is 11.8 Å². The highest BCUT2D eigenvalue weighted by molar-refractivity contribution is 8.19. The maximum atomic E-state index is 12.9. The van der Waals surface area contributed by atoms with Crippen LogP contribution in [-0.2, 0) is 4.79 Å². The summed E-state index contributed by atoms with van der Waals surface area (Å²) >= 11 is 0.868. The summed E-state index contributed by atoms with van der Waals surface area (Å²) in [7, 11) is 4.53. The first-order valence-electron chi connectivity index (χ1n) is 8.83. The van der Waals surface area contributed by atoms with Crippen molar-refractivity contribution in [2.45, 2.75) is 6.92 Å². The molecule has 0 atom stereocenters. The molecule has 1 aliphatic heterocycles. The third-order valence-corrected chi connectivity index (χ3v) is 5.09. The first-order valence-corrected chi connectivity index (χ1v) is 9.65. The maximum absolute atomic E-state index is 12.9. The van der Waals surface area contributed by atoms with Gasteiger partial charge in [-0.05, 0) is 61.2 Å². The van der Waals surface area contributed by atoms with E-state index in [1.807, 2.05) is 6.92 Å². The molecule has 1 heterocycles. The van der Waals surface area contributed by atoms with Crippen molar-refractivity contribution < 1.29 is 28.5 Å². The predicted molar refractivity (Wildman–Crippen MR) is 112 cm³/mol. The monoisotopic (exact) mass is 415 g/mol. The van der Waals surface area contributed by atoms with Gasteiger partial charge in [-0.25, -0.2) is 4.90 Å². The van der Waals surface area contributed by atoms with Gasteiger partial charge in [0.05, 0.1) is 38.5 Å². The molecule has 29 heavy (non-hydrogen) atoms. The molecule has 7 nitrogen and oxygen atoms in total. The number of hydrogen-bond acceptors (Lipinski definition) is 7. The SMILES string of the molecule is CCOc1ccc(N2C(=O)S/C(=C\c3ccc(OC)c(OC)c3OC)C2=O)cc1. The Morgan fingerprint density at radius 2 is 1.62 bits per heavy atom. The highest BCUT2D eigenvalue weighted by atomic mass is 32.2. The number of imide groups is 1. The Kier molecular flexibility index (Phi) is 6.33. The number of rotatable bonds is 7. The summed E-state index contributed by atoms with van der Waals surface area (Å²) in [6.07, 6.45) is 1.61. The Morgan fingerprint density at radius 1 is 0.931 bits per heavy atom. The molecular weight excluding hydrogens is 394 g/mol. The van der Waals surface area contributed by atoms with Gasteiger partial charge in [-0.3, -0.25) is 9.59 Å². The van der Waals surface area contributed by atoms with Gasteiger partial charge in [-0.15, -0.1) is 0 Å². The van der Waals surface area contributed by atoms with E-state index in [2.05, 4.69) is 0 Å². The second-order valence-electron chi connectivity index (χ2n) is 5.87. The topological polar surface area (TPSA) is 74.3 Å². The van der Waals surface area contributed by atoms with Crippen LogP contribution in [0.2, 0.25) is 0 Å². The van der Waals surface area contributed by atoms with Gasteiger partial charge in [0.25, 0.3) is 11.1 Å². The van der Waals surface area contributed by atoms with Gasteiger partial charge in [0.15, 0.2) is 11.5 Å². The van der Waals surface area contributed by atoms with Gasteiger partial charge < -0.3 is 18.9 Å². The second kappa shape index (κ2) is 8.91. The van der Waals surface area contributed by atoms with Crippen LogP contribution in [0.1, 0.15) is 12.5 Å². The molecular formula is C21H21NO6S. The Bertz CT molecular complexity index is 954.